The van der Waals surface area contributed by atoms with Crippen LogP contribution >= 0.6 is 0 Å². The van der Waals surface area contributed by atoms with Crippen molar-refractivity contribution in [3.05, 3.63) is 52.6 Å². The predicted octanol–water partition coefficient (Wildman–Crippen LogP) is 2.78. The van der Waals surface area contributed by atoms with Crippen LogP contribution in [0.15, 0.2) is 45.6 Å². The summed E-state index contributed by atoms with van der Waals surface area (Å²) < 4.78 is 5.65. The maximum absolute atomic E-state index is 12.2. The fourth-order valence-corrected chi connectivity index (χ4v) is 3.32. The molecule has 4 rings (SSSR count). The Balaban J connectivity index is 1.58. The lowest BCUT2D eigenvalue weighted by atomic mass is 10.2. The molecule has 0 radical (unpaired) electrons. The molecule has 6 nitrogen and oxygen atoms in total. The first-order chi connectivity index (χ1) is 12.2. The second-order valence-electron chi connectivity index (χ2n) is 6.43. The van der Waals surface area contributed by atoms with Gasteiger partial charge in [0, 0.05) is 17.7 Å². The van der Waals surface area contributed by atoms with E-state index in [1.807, 2.05) is 30.3 Å². The van der Waals surface area contributed by atoms with E-state index in [9.17, 15) is 9.59 Å². The molecule has 25 heavy (non-hydrogen) atoms. The van der Waals surface area contributed by atoms with Gasteiger partial charge in [-0.3, -0.25) is 9.59 Å². The van der Waals surface area contributed by atoms with Crippen LogP contribution in [0.1, 0.15) is 31.5 Å². The number of hydrogen-bond donors (Lipinski definition) is 2. The molecule has 0 bridgehead atoms. The highest BCUT2D eigenvalue weighted by molar-refractivity contribution is 5.81. The molecule has 6 heteroatoms. The van der Waals surface area contributed by atoms with Crippen molar-refractivity contribution in [1.82, 2.24) is 15.3 Å². The molecule has 1 aliphatic carbocycles. The molecule has 1 amide bonds. The number of rotatable bonds is 4. The van der Waals surface area contributed by atoms with E-state index < -0.39 is 0 Å². The molecule has 128 valence electrons. The summed E-state index contributed by atoms with van der Waals surface area (Å²) in [6, 6.07) is 11.5. The Bertz CT molecular complexity index is 953. The average Bonchev–Trinajstić information content (AvgIpc) is 3.25. The van der Waals surface area contributed by atoms with Crippen LogP contribution in [0.4, 0.5) is 0 Å². The van der Waals surface area contributed by atoms with Gasteiger partial charge in [0.05, 0.1) is 6.42 Å². The predicted molar refractivity (Wildman–Crippen MR) is 94.2 cm³/mol. The van der Waals surface area contributed by atoms with Gasteiger partial charge in [0.2, 0.25) is 11.5 Å². The van der Waals surface area contributed by atoms with Crippen LogP contribution in [0.5, 0.6) is 0 Å². The van der Waals surface area contributed by atoms with E-state index in [0.29, 0.717) is 17.1 Å². The summed E-state index contributed by atoms with van der Waals surface area (Å²) in [7, 11) is 0. The van der Waals surface area contributed by atoms with Crippen LogP contribution in [0.25, 0.3) is 22.4 Å². The van der Waals surface area contributed by atoms with Gasteiger partial charge >= 0.3 is 0 Å². The first-order valence-electron chi connectivity index (χ1n) is 8.56. The van der Waals surface area contributed by atoms with Gasteiger partial charge in [0.15, 0.2) is 0 Å². The van der Waals surface area contributed by atoms with Crippen molar-refractivity contribution in [3.8, 4) is 11.3 Å². The minimum Gasteiger partial charge on any atom is -0.449 e. The van der Waals surface area contributed by atoms with Gasteiger partial charge in [-0.15, -0.1) is 0 Å². The van der Waals surface area contributed by atoms with Crippen molar-refractivity contribution < 1.29 is 9.21 Å². The van der Waals surface area contributed by atoms with E-state index in [2.05, 4.69) is 15.3 Å². The van der Waals surface area contributed by atoms with Crippen molar-refractivity contribution in [2.45, 2.75) is 38.1 Å². The number of aromatic nitrogens is 2. The summed E-state index contributed by atoms with van der Waals surface area (Å²) in [6.45, 7) is 0. The third-order valence-electron chi connectivity index (χ3n) is 4.54. The highest BCUT2D eigenvalue weighted by Gasteiger charge is 2.18. The third kappa shape index (κ3) is 3.33. The number of nitrogens with one attached hydrogen (secondary N) is 2. The van der Waals surface area contributed by atoms with Gasteiger partial charge in [-0.05, 0) is 12.8 Å². The molecule has 0 unspecified atom stereocenters. The Morgan fingerprint density at radius 1 is 1.24 bits per heavy atom. The van der Waals surface area contributed by atoms with Crippen molar-refractivity contribution in [3.63, 3.8) is 0 Å². The van der Waals surface area contributed by atoms with Crippen LogP contribution in [0, 0.1) is 0 Å². The van der Waals surface area contributed by atoms with Crippen molar-refractivity contribution in [1.29, 1.82) is 0 Å². The summed E-state index contributed by atoms with van der Waals surface area (Å²) in [4.78, 5) is 31.4. The number of nitrogens with zero attached hydrogens (tertiary/aromatic N) is 1. The number of amides is 1. The topological polar surface area (TPSA) is 88.0 Å². The quantitative estimate of drug-likeness (QED) is 0.766. The fraction of sp³-hybridized carbons (Fsp3) is 0.316. The van der Waals surface area contributed by atoms with E-state index in [4.69, 9.17) is 4.42 Å². The largest absolute Gasteiger partial charge is 0.449 e. The first-order valence-corrected chi connectivity index (χ1v) is 8.56. The Morgan fingerprint density at radius 2 is 2.00 bits per heavy atom. The van der Waals surface area contributed by atoms with Gasteiger partial charge in [-0.1, -0.05) is 43.2 Å². The van der Waals surface area contributed by atoms with E-state index in [-0.39, 0.29) is 29.5 Å². The van der Waals surface area contributed by atoms with Crippen LogP contribution in [0.3, 0.4) is 0 Å². The number of carbonyl (C=O) groups is 1. The summed E-state index contributed by atoms with van der Waals surface area (Å²) in [5.41, 5.74) is 1.15. The zero-order chi connectivity index (χ0) is 17.2. The molecule has 1 aromatic carbocycles. The molecule has 0 saturated heterocycles. The summed E-state index contributed by atoms with van der Waals surface area (Å²) >= 11 is 0. The van der Waals surface area contributed by atoms with E-state index >= 15 is 0 Å². The van der Waals surface area contributed by atoms with Crippen LogP contribution < -0.4 is 10.9 Å². The molecule has 1 aliphatic rings. The maximum atomic E-state index is 12.2. The molecular formula is C19H19N3O3. The summed E-state index contributed by atoms with van der Waals surface area (Å²) in [6.07, 6.45) is 4.42. The molecule has 3 aromatic rings. The Morgan fingerprint density at radius 3 is 2.76 bits per heavy atom. The second-order valence-corrected chi connectivity index (χ2v) is 6.43. The maximum Gasteiger partial charge on any atom is 0.294 e. The van der Waals surface area contributed by atoms with E-state index in [0.717, 1.165) is 31.2 Å². The van der Waals surface area contributed by atoms with Crippen molar-refractivity contribution >= 4 is 17.0 Å². The lowest BCUT2D eigenvalue weighted by molar-refractivity contribution is -0.121. The average molecular weight is 337 g/mol. The molecule has 2 aromatic heterocycles. The van der Waals surface area contributed by atoms with Gasteiger partial charge in [0.25, 0.3) is 5.56 Å². The highest BCUT2D eigenvalue weighted by Crippen LogP contribution is 2.24. The van der Waals surface area contributed by atoms with E-state index in [1.54, 1.807) is 6.07 Å². The number of benzene rings is 1. The van der Waals surface area contributed by atoms with Gasteiger partial charge in [0.1, 0.15) is 17.1 Å². The Hall–Kier alpha value is -2.89. The zero-order valence-electron chi connectivity index (χ0n) is 13.7. The molecule has 0 aliphatic heterocycles. The monoisotopic (exact) mass is 337 g/mol. The highest BCUT2D eigenvalue weighted by atomic mass is 16.3. The molecule has 0 spiro atoms. The third-order valence-corrected chi connectivity index (χ3v) is 4.54. The first kappa shape index (κ1) is 15.6. The summed E-state index contributed by atoms with van der Waals surface area (Å²) in [5, 5.41) is 3.00. The lowest BCUT2D eigenvalue weighted by Gasteiger charge is -2.11. The molecule has 1 saturated carbocycles. The van der Waals surface area contributed by atoms with Gasteiger partial charge in [-0.2, -0.15) is 0 Å². The van der Waals surface area contributed by atoms with Crippen LogP contribution in [-0.2, 0) is 11.2 Å². The van der Waals surface area contributed by atoms with Crippen molar-refractivity contribution in [2.24, 2.45) is 0 Å². The van der Waals surface area contributed by atoms with E-state index in [1.165, 1.54) is 0 Å². The number of hydrogen-bond acceptors (Lipinski definition) is 4. The van der Waals surface area contributed by atoms with Crippen LogP contribution in [-0.4, -0.2) is 21.9 Å². The van der Waals surface area contributed by atoms with Crippen LogP contribution in [0.2, 0.25) is 0 Å². The normalized spacial score (nSPS) is 14.9. The van der Waals surface area contributed by atoms with Gasteiger partial charge < -0.3 is 14.7 Å². The molecular weight excluding hydrogens is 318 g/mol. The number of carbonyl (C=O) groups excluding carboxylic acids is 1. The smallest absolute Gasteiger partial charge is 0.294 e. The van der Waals surface area contributed by atoms with Crippen molar-refractivity contribution in [2.75, 3.05) is 0 Å². The lowest BCUT2D eigenvalue weighted by Crippen LogP contribution is -2.34. The molecule has 1 fully saturated rings. The summed E-state index contributed by atoms with van der Waals surface area (Å²) in [5.74, 6) is 0.829. The Labute approximate surface area is 144 Å². The standard InChI is InChI=1S/C19H19N3O3/c23-17(20-13-8-4-5-9-13)11-16-21-14-10-15(12-6-2-1-3-7-12)25-18(14)19(24)22-16/h1-3,6-7,10,13H,4-5,8-9,11H2,(H,20,23)(H,21,22,24). The molecule has 2 heterocycles. The van der Waals surface area contributed by atoms with Gasteiger partial charge in [-0.25, -0.2) is 4.98 Å². The number of aromatic amines is 1. The SMILES string of the molecule is O=C(Cc1nc2cc(-c3ccccc3)oc2c(=O)[nH]1)NC1CCCC1. The fourth-order valence-electron chi connectivity index (χ4n) is 3.32. The second kappa shape index (κ2) is 6.55. The number of furan rings is 1. The minimum atomic E-state index is -0.365. The minimum absolute atomic E-state index is 0.0630. The number of fused-ring (bicyclic) bond motifs is 1. The Kier molecular flexibility index (Phi) is 4.09. The zero-order valence-corrected chi connectivity index (χ0v) is 13.7. The number of H-pyrrole nitrogens is 1. The molecule has 0 atom stereocenters. The molecule has 2 N–H and O–H groups in total.